The molecule has 3 aromatic heterocycles. The summed E-state index contributed by atoms with van der Waals surface area (Å²) < 4.78 is 2.32. The molecule has 0 radical (unpaired) electrons. The van der Waals surface area contributed by atoms with E-state index in [0.717, 1.165) is 27.9 Å². The summed E-state index contributed by atoms with van der Waals surface area (Å²) in [4.78, 5) is 8.82. The highest BCUT2D eigenvalue weighted by Gasteiger charge is 2.46. The average molecular weight is 588 g/mol. The zero-order chi connectivity index (χ0) is 30.5. The summed E-state index contributed by atoms with van der Waals surface area (Å²) in [5, 5.41) is 1.24. The number of fused-ring (bicyclic) bond motifs is 5. The van der Waals surface area contributed by atoms with Crippen LogP contribution in [0.2, 0.25) is 0 Å². The van der Waals surface area contributed by atoms with Crippen molar-refractivity contribution in [3.8, 4) is 39.1 Å². The van der Waals surface area contributed by atoms with Crippen molar-refractivity contribution in [1.82, 2.24) is 14.5 Å². The lowest BCUT2D eigenvalue weighted by atomic mass is 9.67. The summed E-state index contributed by atoms with van der Waals surface area (Å²) in [6.07, 6.45) is 9.71. The third-order valence-corrected chi connectivity index (χ3v) is 9.48. The lowest BCUT2D eigenvalue weighted by Crippen LogP contribution is -2.28. The molecule has 46 heavy (non-hydrogen) atoms. The fourth-order valence-corrected chi connectivity index (χ4v) is 7.53. The van der Waals surface area contributed by atoms with Crippen molar-refractivity contribution in [2.75, 3.05) is 0 Å². The predicted octanol–water partition coefficient (Wildman–Crippen LogP) is 10.1. The van der Waals surface area contributed by atoms with E-state index in [2.05, 4.69) is 154 Å². The van der Waals surface area contributed by atoms with E-state index in [1.54, 1.807) is 0 Å². The van der Waals surface area contributed by atoms with Gasteiger partial charge in [-0.1, -0.05) is 103 Å². The van der Waals surface area contributed by atoms with E-state index in [9.17, 15) is 0 Å². The van der Waals surface area contributed by atoms with E-state index in [0.29, 0.717) is 0 Å². The summed E-state index contributed by atoms with van der Waals surface area (Å²) in [5.74, 6) is 0. The van der Waals surface area contributed by atoms with Gasteiger partial charge >= 0.3 is 0 Å². The highest BCUT2D eigenvalue weighted by molar-refractivity contribution is 6.04. The second kappa shape index (κ2) is 10.5. The Morgan fingerprint density at radius 1 is 0.478 bits per heavy atom. The van der Waals surface area contributed by atoms with Crippen LogP contribution in [0.5, 0.6) is 0 Å². The minimum Gasteiger partial charge on any atom is -0.316 e. The van der Waals surface area contributed by atoms with Gasteiger partial charge in [0.25, 0.3) is 0 Å². The van der Waals surface area contributed by atoms with Gasteiger partial charge in [-0.15, -0.1) is 0 Å². The van der Waals surface area contributed by atoms with Crippen LogP contribution in [0.15, 0.2) is 177 Å². The third kappa shape index (κ3) is 3.92. The molecule has 3 nitrogen and oxygen atoms in total. The fourth-order valence-electron chi connectivity index (χ4n) is 7.53. The highest BCUT2D eigenvalue weighted by atomic mass is 15.0. The number of aromatic nitrogens is 3. The average Bonchev–Trinajstić information content (AvgIpc) is 3.71. The van der Waals surface area contributed by atoms with Crippen LogP contribution in [-0.4, -0.2) is 14.5 Å². The minimum atomic E-state index is -0.418. The molecule has 0 spiro atoms. The Bertz CT molecular complexity index is 2240. The smallest absolute Gasteiger partial charge is 0.0713 e. The monoisotopic (exact) mass is 587 g/mol. The topological polar surface area (TPSA) is 30.7 Å². The molecule has 0 saturated heterocycles. The van der Waals surface area contributed by atoms with Crippen molar-refractivity contribution >= 4 is 10.9 Å². The van der Waals surface area contributed by atoms with Gasteiger partial charge in [-0.05, 0) is 87.0 Å². The quantitative estimate of drug-likeness (QED) is 0.201. The fraction of sp³-hybridized carbons (Fsp3) is 0.0233. The molecule has 9 rings (SSSR count). The first-order chi connectivity index (χ1) is 22.8. The molecular formula is C43H29N3. The number of rotatable bonds is 5. The molecule has 0 unspecified atom stereocenters. The lowest BCUT2D eigenvalue weighted by Gasteiger charge is -2.33. The number of nitrogens with zero attached hydrogens (tertiary/aromatic N) is 3. The van der Waals surface area contributed by atoms with E-state index in [-0.39, 0.29) is 0 Å². The van der Waals surface area contributed by atoms with Gasteiger partial charge in [-0.3, -0.25) is 9.97 Å². The maximum atomic E-state index is 4.41. The Kier molecular flexibility index (Phi) is 6.04. The van der Waals surface area contributed by atoms with Crippen molar-refractivity contribution in [2.24, 2.45) is 0 Å². The lowest BCUT2D eigenvalue weighted by molar-refractivity contribution is 0.769. The zero-order valence-corrected chi connectivity index (χ0v) is 25.1. The van der Waals surface area contributed by atoms with Gasteiger partial charge in [0.2, 0.25) is 0 Å². The molecule has 5 aromatic carbocycles. The van der Waals surface area contributed by atoms with Crippen LogP contribution in [-0.2, 0) is 5.41 Å². The Balaban J connectivity index is 1.31. The molecule has 0 fully saturated rings. The predicted molar refractivity (Wildman–Crippen MR) is 187 cm³/mol. The van der Waals surface area contributed by atoms with Crippen molar-refractivity contribution in [1.29, 1.82) is 0 Å². The Hall–Kier alpha value is -6.06. The molecule has 0 bridgehead atoms. The van der Waals surface area contributed by atoms with E-state index < -0.39 is 5.41 Å². The largest absolute Gasteiger partial charge is 0.316 e. The van der Waals surface area contributed by atoms with Gasteiger partial charge in [0, 0.05) is 53.2 Å². The van der Waals surface area contributed by atoms with Gasteiger partial charge in [0.15, 0.2) is 0 Å². The van der Waals surface area contributed by atoms with Crippen LogP contribution in [0.25, 0.3) is 50.0 Å². The molecule has 0 atom stereocenters. The molecule has 0 saturated carbocycles. The van der Waals surface area contributed by atoms with Gasteiger partial charge in [0.1, 0.15) is 0 Å². The summed E-state index contributed by atoms with van der Waals surface area (Å²) in [6.45, 7) is 0. The summed E-state index contributed by atoms with van der Waals surface area (Å²) in [5.41, 5.74) is 14.0. The van der Waals surface area contributed by atoms with Crippen LogP contribution < -0.4 is 0 Å². The summed E-state index contributed by atoms with van der Waals surface area (Å²) >= 11 is 0. The van der Waals surface area contributed by atoms with Gasteiger partial charge < -0.3 is 4.57 Å². The normalized spacial score (nSPS) is 13.0. The summed E-state index contributed by atoms with van der Waals surface area (Å²) in [6, 6.07) is 52.8. The van der Waals surface area contributed by atoms with Crippen molar-refractivity contribution < 1.29 is 0 Å². The number of hydrogen-bond donors (Lipinski definition) is 0. The first-order valence-electron chi connectivity index (χ1n) is 15.6. The van der Waals surface area contributed by atoms with Crippen molar-refractivity contribution in [3.63, 3.8) is 0 Å². The molecule has 1 aliphatic carbocycles. The Morgan fingerprint density at radius 3 is 1.70 bits per heavy atom. The maximum Gasteiger partial charge on any atom is 0.0713 e. The van der Waals surface area contributed by atoms with Crippen LogP contribution >= 0.6 is 0 Å². The third-order valence-electron chi connectivity index (χ3n) is 9.48. The van der Waals surface area contributed by atoms with Crippen molar-refractivity contribution in [3.05, 3.63) is 199 Å². The van der Waals surface area contributed by atoms with Gasteiger partial charge in [-0.2, -0.15) is 0 Å². The second-order valence-corrected chi connectivity index (χ2v) is 11.9. The highest BCUT2D eigenvalue weighted by Crippen LogP contribution is 2.57. The van der Waals surface area contributed by atoms with Crippen LogP contribution in [0.4, 0.5) is 0 Å². The molecule has 0 amide bonds. The zero-order valence-electron chi connectivity index (χ0n) is 25.1. The number of pyridine rings is 2. The van der Waals surface area contributed by atoms with E-state index >= 15 is 0 Å². The van der Waals surface area contributed by atoms with Crippen LogP contribution in [0, 0.1) is 0 Å². The molecule has 3 heteroatoms. The molecule has 0 N–H and O–H groups in total. The standard InChI is InChI=1S/C43H29N3/c1-3-13-34(14-4-1)43(35-15-5-2-6-16-35)39-18-8-7-17-37(39)42-38-21-24-46(41(38)20-19-40(42)43)36-26-32(30-11-9-22-44-28-30)25-33(27-36)31-12-10-23-45-29-31/h1-29H. The van der Waals surface area contributed by atoms with E-state index in [1.807, 2.05) is 36.9 Å². The minimum absolute atomic E-state index is 0.418. The van der Waals surface area contributed by atoms with Gasteiger partial charge in [0.05, 0.1) is 10.9 Å². The van der Waals surface area contributed by atoms with E-state index in [1.165, 1.54) is 44.3 Å². The molecular weight excluding hydrogens is 558 g/mol. The number of hydrogen-bond acceptors (Lipinski definition) is 2. The number of benzene rings is 5. The van der Waals surface area contributed by atoms with Crippen molar-refractivity contribution in [2.45, 2.75) is 5.41 Å². The molecule has 216 valence electrons. The second-order valence-electron chi connectivity index (χ2n) is 11.9. The molecule has 3 heterocycles. The first kappa shape index (κ1) is 26.4. The molecule has 0 aliphatic heterocycles. The Morgan fingerprint density at radius 2 is 1.09 bits per heavy atom. The molecule has 8 aromatic rings. The SMILES string of the molecule is c1ccc(C2(c3ccccc3)c3ccccc3-c3c2ccc2c3ccn2-c2cc(-c3cccnc3)cc(-c3cccnc3)c2)cc1. The van der Waals surface area contributed by atoms with Crippen LogP contribution in [0.1, 0.15) is 22.3 Å². The van der Waals surface area contributed by atoms with Crippen LogP contribution in [0.3, 0.4) is 0 Å². The van der Waals surface area contributed by atoms with E-state index in [4.69, 9.17) is 0 Å². The first-order valence-corrected chi connectivity index (χ1v) is 15.6. The molecule has 1 aliphatic rings. The van der Waals surface area contributed by atoms with Gasteiger partial charge in [-0.25, -0.2) is 0 Å². The Labute approximate surface area is 268 Å². The summed E-state index contributed by atoms with van der Waals surface area (Å²) in [7, 11) is 0. The maximum absolute atomic E-state index is 4.41.